The molecule has 5 nitrogen and oxygen atoms in total. The summed E-state index contributed by atoms with van der Waals surface area (Å²) in [6.45, 7) is -2.90. The van der Waals surface area contributed by atoms with E-state index in [9.17, 15) is 18.4 Å². The lowest BCUT2D eigenvalue weighted by molar-refractivity contribution is -0.111. The van der Waals surface area contributed by atoms with Crippen LogP contribution in [0.25, 0.3) is 11.6 Å². The second-order valence-electron chi connectivity index (χ2n) is 7.65. The normalized spacial score (nSPS) is 13.5. The summed E-state index contributed by atoms with van der Waals surface area (Å²) in [6.07, 6.45) is 3.64. The van der Waals surface area contributed by atoms with Gasteiger partial charge in [0.15, 0.2) is 0 Å². The van der Waals surface area contributed by atoms with E-state index < -0.39 is 6.61 Å². The topological polar surface area (TPSA) is 67.4 Å². The molecule has 0 heterocycles. The third-order valence-electron chi connectivity index (χ3n) is 5.04. The first-order valence-corrected chi connectivity index (χ1v) is 10.5. The van der Waals surface area contributed by atoms with E-state index in [1.165, 1.54) is 12.1 Å². The Hall–Kier alpha value is -4.00. The van der Waals surface area contributed by atoms with Gasteiger partial charge in [0.1, 0.15) is 5.75 Å². The van der Waals surface area contributed by atoms with E-state index in [0.717, 1.165) is 12.8 Å². The zero-order valence-corrected chi connectivity index (χ0v) is 17.6. The van der Waals surface area contributed by atoms with Crippen LogP contribution >= 0.6 is 0 Å². The molecule has 0 aromatic heterocycles. The van der Waals surface area contributed by atoms with Crippen molar-refractivity contribution < 1.29 is 23.1 Å². The molecule has 1 aliphatic rings. The Morgan fingerprint density at radius 2 is 1.61 bits per heavy atom. The summed E-state index contributed by atoms with van der Waals surface area (Å²) in [5.41, 5.74) is 2.67. The summed E-state index contributed by atoms with van der Waals surface area (Å²) >= 11 is 0. The molecule has 0 spiro atoms. The van der Waals surface area contributed by atoms with Crippen molar-refractivity contribution in [3.8, 4) is 5.75 Å². The fourth-order valence-corrected chi connectivity index (χ4v) is 3.24. The lowest BCUT2D eigenvalue weighted by atomic mass is 10.0. The molecule has 0 atom stereocenters. The molecular formula is C26H22F2N2O3. The Kier molecular flexibility index (Phi) is 6.78. The summed E-state index contributed by atoms with van der Waals surface area (Å²) in [7, 11) is 0. The predicted octanol–water partition coefficient (Wildman–Crippen LogP) is 5.36. The molecule has 0 unspecified atom stereocenters. The second kappa shape index (κ2) is 10.1. The summed E-state index contributed by atoms with van der Waals surface area (Å²) in [4.78, 5) is 25.5. The lowest BCUT2D eigenvalue weighted by Gasteiger charge is -2.11. The highest BCUT2D eigenvalue weighted by Crippen LogP contribution is 2.24. The minimum Gasteiger partial charge on any atom is -0.435 e. The largest absolute Gasteiger partial charge is 0.435 e. The molecule has 1 saturated carbocycles. The van der Waals surface area contributed by atoms with E-state index in [1.807, 2.05) is 18.2 Å². The van der Waals surface area contributed by atoms with E-state index >= 15 is 0 Å². The van der Waals surface area contributed by atoms with Crippen LogP contribution in [-0.4, -0.2) is 24.5 Å². The van der Waals surface area contributed by atoms with E-state index in [2.05, 4.69) is 15.4 Å². The maximum Gasteiger partial charge on any atom is 0.387 e. The molecule has 1 fully saturated rings. The number of alkyl halides is 2. The minimum atomic E-state index is -2.90. The highest BCUT2D eigenvalue weighted by atomic mass is 19.3. The van der Waals surface area contributed by atoms with Crippen LogP contribution in [0.2, 0.25) is 0 Å². The first kappa shape index (κ1) is 22.2. The summed E-state index contributed by atoms with van der Waals surface area (Å²) in [5.74, 6) is -0.499. The number of rotatable bonds is 8. The van der Waals surface area contributed by atoms with Gasteiger partial charge in [0, 0.05) is 22.9 Å². The van der Waals surface area contributed by atoms with Crippen LogP contribution in [0.3, 0.4) is 0 Å². The Bertz CT molecular complexity index is 1160. The minimum absolute atomic E-state index is 0.0363. The molecule has 4 rings (SSSR count). The van der Waals surface area contributed by atoms with Gasteiger partial charge in [0.25, 0.3) is 11.8 Å². The first-order valence-electron chi connectivity index (χ1n) is 10.5. The molecule has 3 aromatic carbocycles. The van der Waals surface area contributed by atoms with Crippen LogP contribution in [0.15, 0.2) is 78.9 Å². The fourth-order valence-electron chi connectivity index (χ4n) is 3.24. The van der Waals surface area contributed by atoms with Gasteiger partial charge in [-0.2, -0.15) is 8.78 Å². The van der Waals surface area contributed by atoms with Gasteiger partial charge in [-0.25, -0.2) is 0 Å². The third kappa shape index (κ3) is 6.26. The highest BCUT2D eigenvalue weighted by molar-refractivity contribution is 6.29. The molecule has 33 heavy (non-hydrogen) atoms. The standard InChI is InChI=1S/C26H22F2N2O3/c27-26(28)33-22-13-9-17(10-14-22)15-23(18-5-2-1-3-6-18)25(32)30-21-8-4-7-19(16-21)24(31)29-20-11-12-20/h1-10,13-16,20,26H,11-12H2,(H,29,31)(H,30,32)/b23-15-. The van der Waals surface area contributed by atoms with Crippen molar-refractivity contribution in [2.24, 2.45) is 0 Å². The van der Waals surface area contributed by atoms with Gasteiger partial charge in [-0.3, -0.25) is 9.59 Å². The maximum absolute atomic E-state index is 13.2. The van der Waals surface area contributed by atoms with E-state index in [-0.39, 0.29) is 23.6 Å². The third-order valence-corrected chi connectivity index (χ3v) is 5.04. The van der Waals surface area contributed by atoms with Crippen molar-refractivity contribution in [1.82, 2.24) is 5.32 Å². The van der Waals surface area contributed by atoms with E-state index in [4.69, 9.17) is 0 Å². The number of hydrogen-bond acceptors (Lipinski definition) is 3. The number of nitrogens with one attached hydrogen (secondary N) is 2. The SMILES string of the molecule is O=C(Nc1cccc(C(=O)NC2CC2)c1)/C(=C\c1ccc(OC(F)F)cc1)c1ccccc1. The van der Waals surface area contributed by atoms with Gasteiger partial charge in [-0.1, -0.05) is 48.5 Å². The van der Waals surface area contributed by atoms with Crippen LogP contribution < -0.4 is 15.4 Å². The van der Waals surface area contributed by atoms with Gasteiger partial charge in [0.05, 0.1) is 0 Å². The first-order chi connectivity index (χ1) is 16.0. The van der Waals surface area contributed by atoms with Gasteiger partial charge in [0.2, 0.25) is 0 Å². The number of amides is 2. The molecular weight excluding hydrogens is 426 g/mol. The average molecular weight is 448 g/mol. The summed E-state index contributed by atoms with van der Waals surface area (Å²) < 4.78 is 29.2. The Morgan fingerprint density at radius 3 is 2.27 bits per heavy atom. The van der Waals surface area contributed by atoms with Gasteiger partial charge in [-0.05, 0) is 60.4 Å². The molecule has 7 heteroatoms. The number of benzene rings is 3. The predicted molar refractivity (Wildman–Crippen MR) is 123 cm³/mol. The van der Waals surface area contributed by atoms with Crippen molar-refractivity contribution in [2.75, 3.05) is 5.32 Å². The summed E-state index contributed by atoms with van der Waals surface area (Å²) in [6, 6.07) is 22.1. The number of hydrogen-bond donors (Lipinski definition) is 2. The number of carbonyl (C=O) groups excluding carboxylic acids is 2. The molecule has 2 N–H and O–H groups in total. The molecule has 0 bridgehead atoms. The zero-order valence-electron chi connectivity index (χ0n) is 17.6. The molecule has 0 saturated heterocycles. The Labute approximate surface area is 190 Å². The fraction of sp³-hybridized carbons (Fsp3) is 0.154. The number of halogens is 2. The molecule has 1 aliphatic carbocycles. The van der Waals surface area contributed by atoms with Crippen molar-refractivity contribution in [3.63, 3.8) is 0 Å². The Balaban J connectivity index is 1.57. The molecule has 168 valence electrons. The average Bonchev–Trinajstić information content (AvgIpc) is 3.63. The molecule has 3 aromatic rings. The van der Waals surface area contributed by atoms with Gasteiger partial charge < -0.3 is 15.4 Å². The van der Waals surface area contributed by atoms with Crippen LogP contribution in [0.5, 0.6) is 5.75 Å². The van der Waals surface area contributed by atoms with Gasteiger partial charge >= 0.3 is 6.61 Å². The van der Waals surface area contributed by atoms with Gasteiger partial charge in [-0.15, -0.1) is 0 Å². The number of ether oxygens (including phenoxy) is 1. The second-order valence-corrected chi connectivity index (χ2v) is 7.65. The quantitative estimate of drug-likeness (QED) is 0.360. The van der Waals surface area contributed by atoms with E-state index in [0.29, 0.717) is 28.0 Å². The monoisotopic (exact) mass is 448 g/mol. The maximum atomic E-state index is 13.2. The molecule has 2 amide bonds. The van der Waals surface area contributed by atoms with E-state index in [1.54, 1.807) is 54.6 Å². The highest BCUT2D eigenvalue weighted by Gasteiger charge is 2.24. The lowest BCUT2D eigenvalue weighted by Crippen LogP contribution is -2.25. The van der Waals surface area contributed by atoms with Crippen molar-refractivity contribution in [2.45, 2.75) is 25.5 Å². The van der Waals surface area contributed by atoms with Crippen molar-refractivity contribution in [3.05, 3.63) is 95.6 Å². The van der Waals surface area contributed by atoms with Crippen LogP contribution in [-0.2, 0) is 4.79 Å². The van der Waals surface area contributed by atoms with Crippen molar-refractivity contribution >= 4 is 29.2 Å². The molecule has 0 aliphatic heterocycles. The van der Waals surface area contributed by atoms with Crippen LogP contribution in [0.4, 0.5) is 14.5 Å². The number of anilines is 1. The Morgan fingerprint density at radius 1 is 0.909 bits per heavy atom. The summed E-state index contributed by atoms with van der Waals surface area (Å²) in [5, 5.41) is 5.78. The van der Waals surface area contributed by atoms with Crippen LogP contribution in [0, 0.1) is 0 Å². The van der Waals surface area contributed by atoms with Crippen molar-refractivity contribution in [1.29, 1.82) is 0 Å². The van der Waals surface area contributed by atoms with Crippen LogP contribution in [0.1, 0.15) is 34.3 Å². The molecule has 0 radical (unpaired) electrons. The zero-order chi connectivity index (χ0) is 23.2. The smallest absolute Gasteiger partial charge is 0.387 e. The number of carbonyl (C=O) groups is 2.